The fourth-order valence-corrected chi connectivity index (χ4v) is 1.75. The second-order valence-corrected chi connectivity index (χ2v) is 4.17. The molecule has 0 aromatic heterocycles. The molecule has 0 bridgehead atoms. The summed E-state index contributed by atoms with van der Waals surface area (Å²) in [7, 11) is 0. The van der Waals surface area contributed by atoms with Gasteiger partial charge in [0, 0.05) is 17.7 Å². The number of hydrogen-bond acceptors (Lipinski definition) is 1. The molecular weight excluding hydrogens is 222 g/mol. The van der Waals surface area contributed by atoms with Crippen LogP contribution in [-0.4, -0.2) is 0 Å². The van der Waals surface area contributed by atoms with E-state index in [2.05, 4.69) is 0 Å². The van der Waals surface area contributed by atoms with E-state index in [9.17, 15) is 17.6 Å². The Bertz CT molecular complexity index is 389. The number of rotatable bonds is 3. The van der Waals surface area contributed by atoms with Crippen LogP contribution in [0.1, 0.15) is 30.9 Å². The topological polar surface area (TPSA) is 26.0 Å². The molecule has 0 spiro atoms. The third-order valence-electron chi connectivity index (χ3n) is 2.80. The third-order valence-corrected chi connectivity index (χ3v) is 2.80. The first kappa shape index (κ1) is 11.4. The Balaban J connectivity index is 2.36. The molecular formula is C11H11F4N. The molecule has 2 rings (SSSR count). The molecule has 5 heteroatoms. The van der Waals surface area contributed by atoms with Crippen molar-refractivity contribution in [2.24, 2.45) is 11.7 Å². The van der Waals surface area contributed by atoms with Gasteiger partial charge < -0.3 is 5.73 Å². The van der Waals surface area contributed by atoms with E-state index in [-0.39, 0.29) is 6.07 Å². The van der Waals surface area contributed by atoms with Crippen molar-refractivity contribution in [3.8, 4) is 0 Å². The Morgan fingerprint density at radius 2 is 1.62 bits per heavy atom. The highest BCUT2D eigenvalue weighted by Crippen LogP contribution is 2.38. The fourth-order valence-electron chi connectivity index (χ4n) is 1.75. The van der Waals surface area contributed by atoms with Crippen molar-refractivity contribution in [1.29, 1.82) is 0 Å². The predicted octanol–water partition coefficient (Wildman–Crippen LogP) is 3.04. The van der Waals surface area contributed by atoms with Crippen molar-refractivity contribution in [2.75, 3.05) is 0 Å². The summed E-state index contributed by atoms with van der Waals surface area (Å²) in [5, 5.41) is 0. The van der Waals surface area contributed by atoms with Gasteiger partial charge in [0.15, 0.2) is 23.3 Å². The van der Waals surface area contributed by atoms with Crippen LogP contribution in [0.3, 0.4) is 0 Å². The van der Waals surface area contributed by atoms with Gasteiger partial charge in [-0.3, -0.25) is 0 Å². The number of benzene rings is 1. The molecule has 0 saturated heterocycles. The second kappa shape index (κ2) is 4.05. The lowest BCUT2D eigenvalue weighted by atomic mass is 10.0. The molecule has 0 aliphatic heterocycles. The van der Waals surface area contributed by atoms with E-state index in [1.807, 2.05) is 0 Å². The van der Waals surface area contributed by atoms with Gasteiger partial charge in [-0.25, -0.2) is 17.6 Å². The first-order valence-electron chi connectivity index (χ1n) is 5.09. The molecule has 1 nitrogen and oxygen atoms in total. The zero-order chi connectivity index (χ0) is 11.9. The van der Waals surface area contributed by atoms with Crippen LogP contribution in [0.5, 0.6) is 0 Å². The Morgan fingerprint density at radius 3 is 2.06 bits per heavy atom. The molecule has 1 saturated carbocycles. The highest BCUT2D eigenvalue weighted by molar-refractivity contribution is 5.25. The molecule has 1 aromatic rings. The van der Waals surface area contributed by atoms with E-state index in [1.54, 1.807) is 0 Å². The first-order chi connectivity index (χ1) is 7.50. The van der Waals surface area contributed by atoms with E-state index in [0.717, 1.165) is 12.8 Å². The molecule has 0 unspecified atom stereocenters. The minimum Gasteiger partial charge on any atom is -0.324 e. The van der Waals surface area contributed by atoms with Crippen LogP contribution < -0.4 is 5.73 Å². The standard InChI is InChI=1S/C11H11F4N/c12-6-4-7(13)11(15)9(10(6)14)8(16)3-5-1-2-5/h4-5,8H,1-3,16H2/t8-/m0/s1. The minimum absolute atomic E-state index is 0.192. The summed E-state index contributed by atoms with van der Waals surface area (Å²) in [6, 6.07) is -0.796. The van der Waals surface area contributed by atoms with Crippen molar-refractivity contribution < 1.29 is 17.6 Å². The summed E-state index contributed by atoms with van der Waals surface area (Å²) in [5.41, 5.74) is 4.89. The summed E-state index contributed by atoms with van der Waals surface area (Å²) >= 11 is 0. The number of nitrogens with two attached hydrogens (primary N) is 1. The summed E-state index contributed by atoms with van der Waals surface area (Å²) in [5.74, 6) is -5.25. The molecule has 1 aliphatic carbocycles. The minimum atomic E-state index is -1.40. The zero-order valence-electron chi connectivity index (χ0n) is 8.44. The Hall–Kier alpha value is -1.10. The number of halogens is 4. The third kappa shape index (κ3) is 2.04. The highest BCUT2D eigenvalue weighted by Gasteiger charge is 2.29. The first-order valence-corrected chi connectivity index (χ1v) is 5.09. The molecule has 1 aliphatic rings. The average Bonchev–Trinajstić information content (AvgIpc) is 2.99. The molecule has 1 aromatic carbocycles. The van der Waals surface area contributed by atoms with Crippen molar-refractivity contribution >= 4 is 0 Å². The lowest BCUT2D eigenvalue weighted by Gasteiger charge is -2.14. The molecule has 1 atom stereocenters. The van der Waals surface area contributed by atoms with Gasteiger partial charge in [0.05, 0.1) is 0 Å². The van der Waals surface area contributed by atoms with Gasteiger partial charge in [-0.2, -0.15) is 0 Å². The predicted molar refractivity (Wildman–Crippen MR) is 50.5 cm³/mol. The molecule has 0 radical (unpaired) electrons. The largest absolute Gasteiger partial charge is 0.324 e. The van der Waals surface area contributed by atoms with Crippen molar-refractivity contribution in [3.63, 3.8) is 0 Å². The maximum Gasteiger partial charge on any atom is 0.166 e. The monoisotopic (exact) mass is 233 g/mol. The van der Waals surface area contributed by atoms with Gasteiger partial charge in [-0.1, -0.05) is 12.8 Å². The van der Waals surface area contributed by atoms with Crippen LogP contribution in [0.15, 0.2) is 6.07 Å². The fraction of sp³-hybridized carbons (Fsp3) is 0.455. The van der Waals surface area contributed by atoms with Gasteiger partial charge in [0.1, 0.15) is 0 Å². The molecule has 0 heterocycles. The van der Waals surface area contributed by atoms with Gasteiger partial charge in [-0.05, 0) is 12.3 Å². The van der Waals surface area contributed by atoms with Gasteiger partial charge in [0.2, 0.25) is 0 Å². The van der Waals surface area contributed by atoms with Crippen molar-refractivity contribution in [1.82, 2.24) is 0 Å². The maximum absolute atomic E-state index is 13.3. The van der Waals surface area contributed by atoms with Crippen LogP contribution in [-0.2, 0) is 0 Å². The highest BCUT2D eigenvalue weighted by atomic mass is 19.2. The van der Waals surface area contributed by atoms with E-state index in [4.69, 9.17) is 5.73 Å². The SMILES string of the molecule is N[C@@H](CC1CC1)c1c(F)c(F)cc(F)c1F. The smallest absolute Gasteiger partial charge is 0.166 e. The van der Waals surface area contributed by atoms with Gasteiger partial charge in [0.25, 0.3) is 0 Å². The van der Waals surface area contributed by atoms with E-state index in [1.165, 1.54) is 0 Å². The van der Waals surface area contributed by atoms with Crippen molar-refractivity contribution in [2.45, 2.75) is 25.3 Å². The van der Waals surface area contributed by atoms with Crippen LogP contribution >= 0.6 is 0 Å². The summed E-state index contributed by atoms with van der Waals surface area (Å²) < 4.78 is 52.4. The van der Waals surface area contributed by atoms with Crippen molar-refractivity contribution in [3.05, 3.63) is 34.9 Å². The van der Waals surface area contributed by atoms with E-state index in [0.29, 0.717) is 12.3 Å². The molecule has 16 heavy (non-hydrogen) atoms. The zero-order valence-corrected chi connectivity index (χ0v) is 8.44. The van der Waals surface area contributed by atoms with Crippen LogP contribution in [0.2, 0.25) is 0 Å². The Kier molecular flexibility index (Phi) is 2.88. The van der Waals surface area contributed by atoms with Crippen LogP contribution in [0.25, 0.3) is 0 Å². The Labute approximate surface area is 90.3 Å². The van der Waals surface area contributed by atoms with Crippen LogP contribution in [0, 0.1) is 29.2 Å². The average molecular weight is 233 g/mol. The normalized spacial score (nSPS) is 17.6. The van der Waals surface area contributed by atoms with E-state index < -0.39 is 34.9 Å². The quantitative estimate of drug-likeness (QED) is 0.630. The molecule has 0 amide bonds. The molecule has 88 valence electrons. The number of hydrogen-bond donors (Lipinski definition) is 1. The summed E-state index contributed by atoms with van der Waals surface area (Å²) in [6.07, 6.45) is 2.26. The lowest BCUT2D eigenvalue weighted by molar-refractivity contribution is 0.418. The summed E-state index contributed by atoms with van der Waals surface area (Å²) in [4.78, 5) is 0. The summed E-state index contributed by atoms with van der Waals surface area (Å²) in [6.45, 7) is 0. The van der Waals surface area contributed by atoms with E-state index >= 15 is 0 Å². The van der Waals surface area contributed by atoms with Crippen LogP contribution in [0.4, 0.5) is 17.6 Å². The van der Waals surface area contributed by atoms with Gasteiger partial charge in [-0.15, -0.1) is 0 Å². The Morgan fingerprint density at radius 1 is 1.12 bits per heavy atom. The molecule has 2 N–H and O–H groups in total. The lowest BCUT2D eigenvalue weighted by Crippen LogP contribution is -2.17. The maximum atomic E-state index is 13.3. The van der Waals surface area contributed by atoms with Gasteiger partial charge >= 0.3 is 0 Å². The second-order valence-electron chi connectivity index (χ2n) is 4.17. The molecule has 1 fully saturated rings.